The minimum atomic E-state index is -0.387. The summed E-state index contributed by atoms with van der Waals surface area (Å²) in [5.74, 6) is -0.869. The lowest BCUT2D eigenvalue weighted by Gasteiger charge is -2.07. The van der Waals surface area contributed by atoms with Crippen LogP contribution >= 0.6 is 0 Å². The Kier molecular flexibility index (Phi) is 5.25. The Hall–Kier alpha value is -2.69. The summed E-state index contributed by atoms with van der Waals surface area (Å²) in [5, 5.41) is 5.39. The van der Waals surface area contributed by atoms with Crippen LogP contribution in [0.5, 0.6) is 0 Å². The molecule has 5 heteroatoms. The third kappa shape index (κ3) is 4.41. The first-order chi connectivity index (χ1) is 10.6. The van der Waals surface area contributed by atoms with Gasteiger partial charge in [0.15, 0.2) is 0 Å². The minimum absolute atomic E-state index is 0.181. The highest BCUT2D eigenvalue weighted by Gasteiger charge is 2.06. The maximum Gasteiger partial charge on any atom is 0.251 e. The van der Waals surface area contributed by atoms with E-state index in [-0.39, 0.29) is 17.6 Å². The Morgan fingerprint density at radius 3 is 2.09 bits per heavy atom. The predicted octanol–water partition coefficient (Wildman–Crippen LogP) is 2.29. The van der Waals surface area contributed by atoms with E-state index in [1.54, 1.807) is 12.1 Å². The molecule has 0 aliphatic rings. The van der Waals surface area contributed by atoms with Crippen LogP contribution in [0.2, 0.25) is 0 Å². The normalized spacial score (nSPS) is 10.1. The van der Waals surface area contributed by atoms with Crippen molar-refractivity contribution in [2.75, 3.05) is 13.1 Å². The third-order valence-electron chi connectivity index (χ3n) is 3.08. The van der Waals surface area contributed by atoms with Crippen LogP contribution in [0.1, 0.15) is 26.3 Å². The molecule has 0 fully saturated rings. The average Bonchev–Trinajstić information content (AvgIpc) is 2.51. The summed E-state index contributed by atoms with van der Waals surface area (Å²) >= 11 is 0. The molecule has 0 aliphatic heterocycles. The molecule has 2 rings (SSSR count). The monoisotopic (exact) mass is 300 g/mol. The van der Waals surface area contributed by atoms with Crippen molar-refractivity contribution in [1.82, 2.24) is 10.6 Å². The number of benzene rings is 2. The molecule has 22 heavy (non-hydrogen) atoms. The molecule has 2 N–H and O–H groups in total. The van der Waals surface area contributed by atoms with Crippen LogP contribution in [0.25, 0.3) is 0 Å². The molecule has 0 aromatic heterocycles. The molecule has 4 nitrogen and oxygen atoms in total. The van der Waals surface area contributed by atoms with E-state index in [9.17, 15) is 14.0 Å². The molecule has 0 aliphatic carbocycles. The Balaban J connectivity index is 1.76. The fourth-order valence-electron chi connectivity index (χ4n) is 1.94. The molecule has 0 saturated heterocycles. The van der Waals surface area contributed by atoms with Gasteiger partial charge in [-0.25, -0.2) is 4.39 Å². The number of nitrogens with one attached hydrogen (secondary N) is 2. The molecule has 2 aromatic carbocycles. The van der Waals surface area contributed by atoms with Crippen molar-refractivity contribution in [3.8, 4) is 0 Å². The van der Waals surface area contributed by atoms with Gasteiger partial charge in [-0.05, 0) is 43.3 Å². The van der Waals surface area contributed by atoms with Gasteiger partial charge in [-0.1, -0.05) is 17.7 Å². The van der Waals surface area contributed by atoms with Crippen LogP contribution in [-0.2, 0) is 0 Å². The molecule has 0 spiro atoms. The molecule has 0 unspecified atom stereocenters. The van der Waals surface area contributed by atoms with Crippen molar-refractivity contribution in [1.29, 1.82) is 0 Å². The van der Waals surface area contributed by atoms with Gasteiger partial charge in [0.1, 0.15) is 5.82 Å². The van der Waals surface area contributed by atoms with Crippen LogP contribution in [0.4, 0.5) is 4.39 Å². The standard InChI is InChI=1S/C17H17FN2O2/c1-12-3-2-4-14(11-12)17(22)20-10-9-19-16(21)13-5-7-15(18)8-6-13/h2-8,11H,9-10H2,1H3,(H,19,21)(H,20,22). The van der Waals surface area contributed by atoms with Crippen LogP contribution in [0.15, 0.2) is 48.5 Å². The maximum atomic E-state index is 12.8. The Morgan fingerprint density at radius 1 is 0.909 bits per heavy atom. The van der Waals surface area contributed by atoms with Crippen LogP contribution in [0.3, 0.4) is 0 Å². The van der Waals surface area contributed by atoms with Gasteiger partial charge in [0, 0.05) is 24.2 Å². The Morgan fingerprint density at radius 2 is 1.50 bits per heavy atom. The molecule has 0 atom stereocenters. The molecular weight excluding hydrogens is 283 g/mol. The summed E-state index contributed by atoms with van der Waals surface area (Å²) in [7, 11) is 0. The molecule has 2 amide bonds. The molecule has 0 radical (unpaired) electrons. The van der Waals surface area contributed by atoms with Gasteiger partial charge < -0.3 is 10.6 Å². The predicted molar refractivity (Wildman–Crippen MR) is 82.2 cm³/mol. The molecule has 0 saturated carbocycles. The highest BCUT2D eigenvalue weighted by molar-refractivity contribution is 5.95. The van der Waals surface area contributed by atoms with Crippen molar-refractivity contribution < 1.29 is 14.0 Å². The first-order valence-electron chi connectivity index (χ1n) is 6.95. The largest absolute Gasteiger partial charge is 0.350 e. The second-order valence-electron chi connectivity index (χ2n) is 4.89. The van der Waals surface area contributed by atoms with Crippen LogP contribution in [0, 0.1) is 12.7 Å². The smallest absolute Gasteiger partial charge is 0.251 e. The van der Waals surface area contributed by atoms with Crippen molar-refractivity contribution in [2.45, 2.75) is 6.92 Å². The first kappa shape index (κ1) is 15.7. The fraction of sp³-hybridized carbons (Fsp3) is 0.176. The van der Waals surface area contributed by atoms with Gasteiger partial charge in [0.2, 0.25) is 0 Å². The van der Waals surface area contributed by atoms with Crippen molar-refractivity contribution in [3.05, 3.63) is 71.0 Å². The first-order valence-corrected chi connectivity index (χ1v) is 6.95. The average molecular weight is 300 g/mol. The number of aryl methyl sites for hydroxylation is 1. The van der Waals surface area contributed by atoms with Gasteiger partial charge in [0.25, 0.3) is 11.8 Å². The maximum absolute atomic E-state index is 12.8. The third-order valence-corrected chi connectivity index (χ3v) is 3.08. The van der Waals surface area contributed by atoms with E-state index in [0.29, 0.717) is 24.2 Å². The Bertz CT molecular complexity index is 669. The van der Waals surface area contributed by atoms with Crippen molar-refractivity contribution in [2.24, 2.45) is 0 Å². The van der Waals surface area contributed by atoms with E-state index in [0.717, 1.165) is 5.56 Å². The van der Waals surface area contributed by atoms with E-state index in [1.165, 1.54) is 24.3 Å². The van der Waals surface area contributed by atoms with E-state index >= 15 is 0 Å². The van der Waals surface area contributed by atoms with Crippen molar-refractivity contribution >= 4 is 11.8 Å². The SMILES string of the molecule is Cc1cccc(C(=O)NCCNC(=O)c2ccc(F)cc2)c1. The lowest BCUT2D eigenvalue weighted by molar-refractivity contribution is 0.0927. The number of hydrogen-bond acceptors (Lipinski definition) is 2. The van der Waals surface area contributed by atoms with Crippen molar-refractivity contribution in [3.63, 3.8) is 0 Å². The van der Waals surface area contributed by atoms with Gasteiger partial charge in [-0.15, -0.1) is 0 Å². The van der Waals surface area contributed by atoms with E-state index in [4.69, 9.17) is 0 Å². The number of halogens is 1. The Labute approximate surface area is 128 Å². The van der Waals surface area contributed by atoms with Crippen LogP contribution in [-0.4, -0.2) is 24.9 Å². The number of amides is 2. The van der Waals surface area contributed by atoms with E-state index < -0.39 is 0 Å². The number of carbonyl (C=O) groups excluding carboxylic acids is 2. The summed E-state index contributed by atoms with van der Waals surface area (Å²) in [6.45, 7) is 2.53. The lowest BCUT2D eigenvalue weighted by Crippen LogP contribution is -2.34. The molecule has 2 aromatic rings. The highest BCUT2D eigenvalue weighted by atomic mass is 19.1. The van der Waals surface area contributed by atoms with Gasteiger partial charge in [-0.2, -0.15) is 0 Å². The molecule has 0 heterocycles. The summed E-state index contributed by atoms with van der Waals surface area (Å²) in [6.07, 6.45) is 0. The second-order valence-corrected chi connectivity index (χ2v) is 4.89. The molecule has 114 valence electrons. The fourth-order valence-corrected chi connectivity index (χ4v) is 1.94. The van der Waals surface area contributed by atoms with E-state index in [1.807, 2.05) is 19.1 Å². The molecular formula is C17H17FN2O2. The zero-order valence-corrected chi connectivity index (χ0v) is 12.2. The van der Waals surface area contributed by atoms with Gasteiger partial charge in [0.05, 0.1) is 0 Å². The summed E-state index contributed by atoms with van der Waals surface area (Å²) in [4.78, 5) is 23.7. The zero-order valence-electron chi connectivity index (χ0n) is 12.2. The lowest BCUT2D eigenvalue weighted by atomic mass is 10.1. The number of rotatable bonds is 5. The van der Waals surface area contributed by atoms with E-state index in [2.05, 4.69) is 10.6 Å². The molecule has 0 bridgehead atoms. The second kappa shape index (κ2) is 7.36. The summed E-state index contributed by atoms with van der Waals surface area (Å²) in [5.41, 5.74) is 1.98. The number of carbonyl (C=O) groups is 2. The number of hydrogen-bond donors (Lipinski definition) is 2. The quantitative estimate of drug-likeness (QED) is 0.832. The summed E-state index contributed by atoms with van der Waals surface area (Å²) in [6, 6.07) is 12.6. The zero-order chi connectivity index (χ0) is 15.9. The minimum Gasteiger partial charge on any atom is -0.350 e. The topological polar surface area (TPSA) is 58.2 Å². The van der Waals surface area contributed by atoms with Gasteiger partial charge in [-0.3, -0.25) is 9.59 Å². The van der Waals surface area contributed by atoms with Gasteiger partial charge >= 0.3 is 0 Å². The summed E-state index contributed by atoms with van der Waals surface area (Å²) < 4.78 is 12.8. The highest BCUT2D eigenvalue weighted by Crippen LogP contribution is 2.03. The van der Waals surface area contributed by atoms with Crippen LogP contribution < -0.4 is 10.6 Å².